The highest BCUT2D eigenvalue weighted by Crippen LogP contribution is 2.18. The van der Waals surface area contributed by atoms with E-state index in [1.807, 2.05) is 24.3 Å². The molecule has 0 atom stereocenters. The van der Waals surface area contributed by atoms with Crippen LogP contribution in [0.1, 0.15) is 77.0 Å². The molecule has 0 heterocycles. The SMILES string of the molecule is O=C(O)CCCCCCCOc1ccc(OCCCCCCCC(=O)O)cc1. The van der Waals surface area contributed by atoms with Gasteiger partial charge in [0.05, 0.1) is 13.2 Å². The van der Waals surface area contributed by atoms with Crippen molar-refractivity contribution in [2.24, 2.45) is 0 Å². The number of hydrogen-bond donors (Lipinski definition) is 2. The molecule has 0 aromatic heterocycles. The minimum absolute atomic E-state index is 0.262. The Morgan fingerprint density at radius 2 is 0.893 bits per heavy atom. The van der Waals surface area contributed by atoms with E-state index >= 15 is 0 Å². The molecule has 0 saturated carbocycles. The van der Waals surface area contributed by atoms with E-state index in [9.17, 15) is 9.59 Å². The second kappa shape index (κ2) is 15.8. The third kappa shape index (κ3) is 13.9. The van der Waals surface area contributed by atoms with Crippen LogP contribution in [-0.4, -0.2) is 35.4 Å². The smallest absolute Gasteiger partial charge is 0.303 e. The van der Waals surface area contributed by atoms with Crippen molar-refractivity contribution in [1.82, 2.24) is 0 Å². The van der Waals surface area contributed by atoms with E-state index in [4.69, 9.17) is 19.7 Å². The number of carbonyl (C=O) groups is 2. The summed E-state index contributed by atoms with van der Waals surface area (Å²) in [5.41, 5.74) is 0. The average molecular weight is 395 g/mol. The zero-order valence-corrected chi connectivity index (χ0v) is 16.7. The van der Waals surface area contributed by atoms with Gasteiger partial charge < -0.3 is 19.7 Å². The van der Waals surface area contributed by atoms with Gasteiger partial charge in [0.2, 0.25) is 0 Å². The molecule has 158 valence electrons. The number of carboxylic acids is 2. The minimum Gasteiger partial charge on any atom is -0.494 e. The molecule has 0 spiro atoms. The predicted molar refractivity (Wildman–Crippen MR) is 108 cm³/mol. The Balaban J connectivity index is 1.98. The number of aliphatic carboxylic acids is 2. The first kappa shape index (κ1) is 23.8. The lowest BCUT2D eigenvalue weighted by atomic mass is 10.1. The van der Waals surface area contributed by atoms with Crippen molar-refractivity contribution < 1.29 is 29.3 Å². The maximum atomic E-state index is 10.4. The molecule has 0 unspecified atom stereocenters. The molecule has 2 N–H and O–H groups in total. The lowest BCUT2D eigenvalue weighted by Crippen LogP contribution is -1.99. The van der Waals surface area contributed by atoms with Crippen LogP contribution in [0.15, 0.2) is 24.3 Å². The molecule has 0 bridgehead atoms. The fourth-order valence-corrected chi connectivity index (χ4v) is 2.83. The zero-order valence-electron chi connectivity index (χ0n) is 16.7. The molecule has 0 aliphatic carbocycles. The van der Waals surface area contributed by atoms with Crippen LogP contribution < -0.4 is 9.47 Å². The van der Waals surface area contributed by atoms with Gasteiger partial charge in [-0.15, -0.1) is 0 Å². The van der Waals surface area contributed by atoms with Crippen LogP contribution in [-0.2, 0) is 9.59 Å². The Labute approximate surface area is 167 Å². The van der Waals surface area contributed by atoms with Crippen LogP contribution in [0.25, 0.3) is 0 Å². The molecular formula is C22H34O6. The third-order valence-electron chi connectivity index (χ3n) is 4.43. The molecule has 0 radical (unpaired) electrons. The number of carboxylic acid groups (broad SMARTS) is 2. The van der Waals surface area contributed by atoms with Gasteiger partial charge in [0.1, 0.15) is 11.5 Å². The van der Waals surface area contributed by atoms with Crippen molar-refractivity contribution in [2.75, 3.05) is 13.2 Å². The van der Waals surface area contributed by atoms with Crippen molar-refractivity contribution in [3.63, 3.8) is 0 Å². The Morgan fingerprint density at radius 3 is 1.25 bits per heavy atom. The van der Waals surface area contributed by atoms with Gasteiger partial charge in [-0.2, -0.15) is 0 Å². The quantitative estimate of drug-likeness (QED) is 0.328. The molecule has 1 rings (SSSR count). The summed E-state index contributed by atoms with van der Waals surface area (Å²) in [4.78, 5) is 20.8. The standard InChI is InChI=1S/C22H34O6/c23-21(24)11-7-3-1-5-9-17-27-19-13-15-20(16-14-19)28-18-10-6-2-4-8-12-22(25)26/h13-16H,1-12,17-18H2,(H,23,24)(H,25,26). The van der Waals surface area contributed by atoms with Crippen molar-refractivity contribution in [3.05, 3.63) is 24.3 Å². The normalized spacial score (nSPS) is 10.6. The minimum atomic E-state index is -0.719. The van der Waals surface area contributed by atoms with Gasteiger partial charge in [-0.3, -0.25) is 9.59 Å². The molecule has 6 heteroatoms. The largest absolute Gasteiger partial charge is 0.494 e. The zero-order chi connectivity index (χ0) is 20.5. The second-order valence-corrected chi connectivity index (χ2v) is 6.99. The van der Waals surface area contributed by atoms with Crippen LogP contribution in [0.3, 0.4) is 0 Å². The second-order valence-electron chi connectivity index (χ2n) is 6.99. The summed E-state index contributed by atoms with van der Waals surface area (Å²) in [6, 6.07) is 7.64. The summed E-state index contributed by atoms with van der Waals surface area (Å²) >= 11 is 0. The van der Waals surface area contributed by atoms with E-state index in [0.717, 1.165) is 75.7 Å². The van der Waals surface area contributed by atoms with Crippen LogP contribution in [0, 0.1) is 0 Å². The molecule has 0 aliphatic heterocycles. The Kier molecular flexibility index (Phi) is 13.4. The topological polar surface area (TPSA) is 93.1 Å². The summed E-state index contributed by atoms with van der Waals surface area (Å²) in [7, 11) is 0. The maximum Gasteiger partial charge on any atom is 0.303 e. The van der Waals surface area contributed by atoms with Crippen molar-refractivity contribution in [2.45, 2.75) is 77.0 Å². The lowest BCUT2D eigenvalue weighted by molar-refractivity contribution is -0.138. The van der Waals surface area contributed by atoms with E-state index in [0.29, 0.717) is 13.2 Å². The van der Waals surface area contributed by atoms with Gasteiger partial charge in [0.15, 0.2) is 0 Å². The highest BCUT2D eigenvalue weighted by Gasteiger charge is 2.00. The first-order valence-electron chi connectivity index (χ1n) is 10.4. The van der Waals surface area contributed by atoms with E-state index in [1.54, 1.807) is 0 Å². The first-order valence-corrected chi connectivity index (χ1v) is 10.4. The fourth-order valence-electron chi connectivity index (χ4n) is 2.83. The monoisotopic (exact) mass is 394 g/mol. The van der Waals surface area contributed by atoms with Gasteiger partial charge in [0, 0.05) is 12.8 Å². The lowest BCUT2D eigenvalue weighted by Gasteiger charge is -2.09. The van der Waals surface area contributed by atoms with Crippen LogP contribution in [0.4, 0.5) is 0 Å². The Bertz CT molecular complexity index is 491. The highest BCUT2D eigenvalue weighted by molar-refractivity contribution is 5.66. The molecule has 1 aromatic carbocycles. The van der Waals surface area contributed by atoms with E-state index in [2.05, 4.69) is 0 Å². The summed E-state index contributed by atoms with van der Waals surface area (Å²) in [6.45, 7) is 1.34. The molecule has 0 aliphatic rings. The van der Waals surface area contributed by atoms with Crippen molar-refractivity contribution in [3.8, 4) is 11.5 Å². The van der Waals surface area contributed by atoms with E-state index in [-0.39, 0.29) is 12.8 Å². The molecule has 1 aromatic rings. The number of benzene rings is 1. The highest BCUT2D eigenvalue weighted by atomic mass is 16.5. The Hall–Kier alpha value is -2.24. The number of rotatable bonds is 18. The summed E-state index contributed by atoms with van der Waals surface area (Å²) in [6.07, 6.45) is 10.1. The van der Waals surface area contributed by atoms with Gasteiger partial charge >= 0.3 is 11.9 Å². The molecule has 28 heavy (non-hydrogen) atoms. The molecule has 0 fully saturated rings. The predicted octanol–water partition coefficient (Wildman–Crippen LogP) is 5.29. The molecule has 0 saturated heterocycles. The molecule has 0 amide bonds. The van der Waals surface area contributed by atoms with E-state index in [1.165, 1.54) is 0 Å². The van der Waals surface area contributed by atoms with Gasteiger partial charge in [-0.1, -0.05) is 38.5 Å². The molecule has 6 nitrogen and oxygen atoms in total. The van der Waals surface area contributed by atoms with Crippen molar-refractivity contribution in [1.29, 1.82) is 0 Å². The maximum absolute atomic E-state index is 10.4. The van der Waals surface area contributed by atoms with E-state index < -0.39 is 11.9 Å². The Morgan fingerprint density at radius 1 is 0.571 bits per heavy atom. The first-order chi connectivity index (χ1) is 13.6. The number of hydrogen-bond acceptors (Lipinski definition) is 4. The van der Waals surface area contributed by atoms with Crippen LogP contribution in [0.5, 0.6) is 11.5 Å². The number of ether oxygens (including phenoxy) is 2. The van der Waals surface area contributed by atoms with Gasteiger partial charge in [0.25, 0.3) is 0 Å². The number of unbranched alkanes of at least 4 members (excludes halogenated alkanes) is 8. The summed E-state index contributed by atoms with van der Waals surface area (Å²) in [5, 5.41) is 17.1. The fraction of sp³-hybridized carbons (Fsp3) is 0.636. The molecular weight excluding hydrogens is 360 g/mol. The third-order valence-corrected chi connectivity index (χ3v) is 4.43. The average Bonchev–Trinajstić information content (AvgIpc) is 2.66. The summed E-state index contributed by atoms with van der Waals surface area (Å²) < 4.78 is 11.4. The van der Waals surface area contributed by atoms with Crippen molar-refractivity contribution >= 4 is 11.9 Å². The van der Waals surface area contributed by atoms with Gasteiger partial charge in [-0.05, 0) is 49.9 Å². The summed E-state index contributed by atoms with van der Waals surface area (Å²) in [5.74, 6) is 0.223. The van der Waals surface area contributed by atoms with Gasteiger partial charge in [-0.25, -0.2) is 0 Å². The van der Waals surface area contributed by atoms with Crippen LogP contribution in [0.2, 0.25) is 0 Å². The van der Waals surface area contributed by atoms with Crippen LogP contribution >= 0.6 is 0 Å².